The summed E-state index contributed by atoms with van der Waals surface area (Å²) < 4.78 is 0. The normalized spacial score (nSPS) is 11.5. The van der Waals surface area contributed by atoms with E-state index < -0.39 is 0 Å². The summed E-state index contributed by atoms with van der Waals surface area (Å²) in [6.07, 6.45) is 5.85. The number of amides is 2. The first kappa shape index (κ1) is 21.2. The molecule has 0 saturated heterocycles. The van der Waals surface area contributed by atoms with Crippen LogP contribution < -0.4 is 21.3 Å². The Kier molecular flexibility index (Phi) is 13.3. The van der Waals surface area contributed by atoms with E-state index in [1.165, 1.54) is 25.7 Å². The molecule has 0 atom stereocenters. The predicted molar refractivity (Wildman–Crippen MR) is 95.4 cm³/mol. The molecule has 2 amide bonds. The molecule has 4 N–H and O–H groups in total. The molecule has 132 valence electrons. The van der Waals surface area contributed by atoms with Crippen molar-refractivity contribution in [3.63, 3.8) is 0 Å². The number of unbranched alkanes of at least 4 members (excludes halogenated alkanes) is 2. The number of rotatable bonds is 14. The number of hydrogen-bond donors (Lipinski definition) is 4. The highest BCUT2D eigenvalue weighted by Gasteiger charge is 2.28. The lowest BCUT2D eigenvalue weighted by molar-refractivity contribution is 0.215. The quantitative estimate of drug-likeness (QED) is 0.372. The molecule has 0 radical (unpaired) electrons. The van der Waals surface area contributed by atoms with Gasteiger partial charge in [0.1, 0.15) is 0 Å². The number of nitrogens with one attached hydrogen (secondary N) is 4. The van der Waals surface area contributed by atoms with Crippen LogP contribution in [-0.4, -0.2) is 45.3 Å². The summed E-state index contributed by atoms with van der Waals surface area (Å²) in [6, 6.07) is -0.0672. The van der Waals surface area contributed by atoms with E-state index in [2.05, 4.69) is 42.0 Å². The van der Waals surface area contributed by atoms with Crippen LogP contribution in [0.15, 0.2) is 0 Å². The number of urea groups is 1. The molecular formula is C17H38N4O. The fraction of sp³-hybridized carbons (Fsp3) is 0.941. The maximum absolute atomic E-state index is 11.7. The molecule has 0 aliphatic heterocycles. The second kappa shape index (κ2) is 13.8. The van der Waals surface area contributed by atoms with Gasteiger partial charge < -0.3 is 21.3 Å². The molecule has 22 heavy (non-hydrogen) atoms. The van der Waals surface area contributed by atoms with Gasteiger partial charge in [0, 0.05) is 31.6 Å². The van der Waals surface area contributed by atoms with Crippen LogP contribution in [0.5, 0.6) is 0 Å². The third-order valence-corrected chi connectivity index (χ3v) is 4.13. The van der Waals surface area contributed by atoms with Crippen LogP contribution in [0.25, 0.3) is 0 Å². The Morgan fingerprint density at radius 1 is 0.818 bits per heavy atom. The highest BCUT2D eigenvalue weighted by Crippen LogP contribution is 2.19. The van der Waals surface area contributed by atoms with Gasteiger partial charge in [0.2, 0.25) is 0 Å². The minimum Gasteiger partial charge on any atom is -0.338 e. The smallest absolute Gasteiger partial charge is 0.314 e. The fourth-order valence-electron chi connectivity index (χ4n) is 2.36. The van der Waals surface area contributed by atoms with E-state index >= 15 is 0 Å². The lowest BCUT2D eigenvalue weighted by Gasteiger charge is -2.34. The Balaban J connectivity index is 4.43. The van der Waals surface area contributed by atoms with Crippen LogP contribution in [0.1, 0.15) is 59.8 Å². The minimum atomic E-state index is -0.0672. The van der Waals surface area contributed by atoms with E-state index in [9.17, 15) is 4.79 Å². The van der Waals surface area contributed by atoms with Gasteiger partial charge in [-0.1, -0.05) is 33.6 Å². The Bertz CT molecular complexity index is 259. The van der Waals surface area contributed by atoms with Crippen molar-refractivity contribution in [2.24, 2.45) is 5.41 Å². The number of hydrogen-bond acceptors (Lipinski definition) is 3. The second-order valence-electron chi connectivity index (χ2n) is 6.13. The van der Waals surface area contributed by atoms with E-state index in [4.69, 9.17) is 0 Å². The molecule has 0 rings (SSSR count). The van der Waals surface area contributed by atoms with Crippen molar-refractivity contribution in [2.45, 2.75) is 59.8 Å². The van der Waals surface area contributed by atoms with Gasteiger partial charge in [-0.2, -0.15) is 0 Å². The molecule has 0 aromatic heterocycles. The third kappa shape index (κ3) is 10.0. The van der Waals surface area contributed by atoms with Crippen molar-refractivity contribution >= 4 is 6.03 Å². The summed E-state index contributed by atoms with van der Waals surface area (Å²) >= 11 is 0. The topological polar surface area (TPSA) is 65.2 Å². The number of carbonyl (C=O) groups is 1. The lowest BCUT2D eigenvalue weighted by Crippen LogP contribution is -2.51. The van der Waals surface area contributed by atoms with Crippen LogP contribution >= 0.6 is 0 Å². The Morgan fingerprint density at radius 2 is 1.36 bits per heavy atom. The molecular weight excluding hydrogens is 276 g/mol. The summed E-state index contributed by atoms with van der Waals surface area (Å²) in [5.41, 5.74) is 0.0760. The van der Waals surface area contributed by atoms with Crippen molar-refractivity contribution < 1.29 is 4.79 Å². The van der Waals surface area contributed by atoms with Crippen LogP contribution in [0, 0.1) is 5.41 Å². The van der Waals surface area contributed by atoms with Crippen LogP contribution in [-0.2, 0) is 0 Å². The number of carbonyl (C=O) groups excluding carboxylic acids is 1. The maximum atomic E-state index is 11.7. The maximum Gasteiger partial charge on any atom is 0.314 e. The molecule has 0 bridgehead atoms. The molecule has 0 aliphatic carbocycles. The summed E-state index contributed by atoms with van der Waals surface area (Å²) in [5, 5.41) is 13.0. The van der Waals surface area contributed by atoms with Gasteiger partial charge in [0.25, 0.3) is 0 Å². The summed E-state index contributed by atoms with van der Waals surface area (Å²) in [5.74, 6) is 0. The standard InChI is InChI=1S/C17H38N4O/c1-5-9-11-18-13-17(7-3,14-19-12-10-6-2)15-21-16(22)20-8-4/h18-19H,5-15H2,1-4H3,(H2,20,21,22). The molecule has 0 fully saturated rings. The summed E-state index contributed by atoms with van der Waals surface area (Å²) in [7, 11) is 0. The van der Waals surface area contributed by atoms with E-state index in [0.29, 0.717) is 13.1 Å². The molecule has 5 nitrogen and oxygen atoms in total. The first-order valence-corrected chi connectivity index (χ1v) is 9.07. The SMILES string of the molecule is CCCCNCC(CC)(CNCCCC)CNC(=O)NCC. The van der Waals surface area contributed by atoms with Crippen LogP contribution in [0.4, 0.5) is 4.79 Å². The van der Waals surface area contributed by atoms with E-state index in [1.807, 2.05) is 6.92 Å². The summed E-state index contributed by atoms with van der Waals surface area (Å²) in [6.45, 7) is 13.9. The van der Waals surface area contributed by atoms with Crippen molar-refractivity contribution in [1.82, 2.24) is 21.3 Å². The van der Waals surface area contributed by atoms with Gasteiger partial charge in [-0.05, 0) is 39.3 Å². The zero-order chi connectivity index (χ0) is 16.7. The highest BCUT2D eigenvalue weighted by atomic mass is 16.2. The average Bonchev–Trinajstić information content (AvgIpc) is 2.53. The summed E-state index contributed by atoms with van der Waals surface area (Å²) in [4.78, 5) is 11.7. The zero-order valence-electron chi connectivity index (χ0n) is 15.2. The molecule has 0 aromatic carbocycles. The molecule has 0 heterocycles. The average molecular weight is 315 g/mol. The first-order valence-electron chi connectivity index (χ1n) is 9.07. The van der Waals surface area contributed by atoms with Gasteiger partial charge in [-0.3, -0.25) is 0 Å². The monoisotopic (exact) mass is 314 g/mol. The fourth-order valence-corrected chi connectivity index (χ4v) is 2.36. The van der Waals surface area contributed by atoms with E-state index in [0.717, 1.165) is 32.6 Å². The molecule has 0 aromatic rings. The first-order chi connectivity index (χ1) is 10.6. The van der Waals surface area contributed by atoms with Crippen LogP contribution in [0.3, 0.4) is 0 Å². The van der Waals surface area contributed by atoms with Crippen molar-refractivity contribution in [3.8, 4) is 0 Å². The van der Waals surface area contributed by atoms with Gasteiger partial charge in [0.05, 0.1) is 0 Å². The van der Waals surface area contributed by atoms with E-state index in [1.54, 1.807) is 0 Å². The van der Waals surface area contributed by atoms with Gasteiger partial charge in [-0.15, -0.1) is 0 Å². The molecule has 5 heteroatoms. The molecule has 0 saturated carbocycles. The van der Waals surface area contributed by atoms with Gasteiger partial charge in [0.15, 0.2) is 0 Å². The second-order valence-corrected chi connectivity index (χ2v) is 6.13. The molecule has 0 unspecified atom stereocenters. The third-order valence-electron chi connectivity index (χ3n) is 4.13. The Labute approximate surface area is 137 Å². The molecule has 0 spiro atoms. The van der Waals surface area contributed by atoms with Crippen molar-refractivity contribution in [2.75, 3.05) is 39.3 Å². The van der Waals surface area contributed by atoms with Gasteiger partial charge >= 0.3 is 6.03 Å². The van der Waals surface area contributed by atoms with Crippen molar-refractivity contribution in [1.29, 1.82) is 0 Å². The van der Waals surface area contributed by atoms with Gasteiger partial charge in [-0.25, -0.2) is 4.79 Å². The molecule has 0 aliphatic rings. The van der Waals surface area contributed by atoms with Crippen LogP contribution in [0.2, 0.25) is 0 Å². The zero-order valence-corrected chi connectivity index (χ0v) is 15.2. The van der Waals surface area contributed by atoms with Crippen molar-refractivity contribution in [3.05, 3.63) is 0 Å². The Morgan fingerprint density at radius 3 is 1.77 bits per heavy atom. The largest absolute Gasteiger partial charge is 0.338 e. The van der Waals surface area contributed by atoms with E-state index in [-0.39, 0.29) is 11.4 Å². The highest BCUT2D eigenvalue weighted by molar-refractivity contribution is 5.73. The Hall–Kier alpha value is -0.810. The predicted octanol–water partition coefficient (Wildman–Crippen LogP) is 2.48. The minimum absolute atomic E-state index is 0.0672. The lowest BCUT2D eigenvalue weighted by atomic mass is 9.84.